The van der Waals surface area contributed by atoms with Crippen LogP contribution in [0.4, 0.5) is 18.9 Å². The van der Waals surface area contributed by atoms with E-state index in [4.69, 9.17) is 4.74 Å². The monoisotopic (exact) mass is 434 g/mol. The van der Waals surface area contributed by atoms with E-state index in [1.165, 1.54) is 10.4 Å². The average molecular weight is 434 g/mol. The van der Waals surface area contributed by atoms with Gasteiger partial charge in [0.05, 0.1) is 15.5 Å². The van der Waals surface area contributed by atoms with Gasteiger partial charge in [-0.3, -0.25) is 4.79 Å². The van der Waals surface area contributed by atoms with E-state index in [0.29, 0.717) is 18.0 Å². The molecule has 2 aromatic rings. The van der Waals surface area contributed by atoms with Gasteiger partial charge in [0.15, 0.2) is 6.61 Å². The molecule has 0 atom stereocenters. The first kappa shape index (κ1) is 20.6. The number of hydrogen-bond acceptors (Lipinski definition) is 5. The fourth-order valence-electron chi connectivity index (χ4n) is 2.72. The van der Waals surface area contributed by atoms with Gasteiger partial charge in [-0.05, 0) is 42.5 Å². The maximum absolute atomic E-state index is 12.7. The molecular formula is C17H17F3N2O4S2. The number of ether oxygens (including phenoxy) is 1. The summed E-state index contributed by atoms with van der Waals surface area (Å²) in [6.45, 7) is -0.801. The number of carbonyl (C=O) groups excluding carboxylic acids is 1. The molecular weight excluding hydrogens is 417 g/mol. The predicted octanol–water partition coefficient (Wildman–Crippen LogP) is 3.73. The van der Waals surface area contributed by atoms with Crippen molar-refractivity contribution in [1.29, 1.82) is 0 Å². The van der Waals surface area contributed by atoms with Gasteiger partial charge in [-0.1, -0.05) is 6.07 Å². The van der Waals surface area contributed by atoms with Crippen LogP contribution in [0.15, 0.2) is 40.6 Å². The van der Waals surface area contributed by atoms with Gasteiger partial charge in [-0.25, -0.2) is 8.42 Å². The minimum atomic E-state index is -4.57. The topological polar surface area (TPSA) is 75.7 Å². The third-order valence-corrected chi connectivity index (χ3v) is 6.80. The van der Waals surface area contributed by atoms with Crippen molar-refractivity contribution in [3.63, 3.8) is 0 Å². The number of benzene rings is 1. The standard InChI is InChI=1S/C17H17F3N2O4S2/c18-17(19,20)11-26-14-6-5-12(28(24,25)22-7-1-2-8-22)10-13(14)21-16(23)15-4-3-9-27-15/h3-6,9-10H,1-2,7-8,11H2,(H,21,23). The second-order valence-corrected chi connectivity index (χ2v) is 8.99. The summed E-state index contributed by atoms with van der Waals surface area (Å²) in [5, 5.41) is 4.12. The highest BCUT2D eigenvalue weighted by Gasteiger charge is 2.31. The summed E-state index contributed by atoms with van der Waals surface area (Å²) < 4.78 is 69.1. The molecule has 0 radical (unpaired) electrons. The summed E-state index contributed by atoms with van der Waals surface area (Å²) in [5.41, 5.74) is -0.136. The Hall–Kier alpha value is -2.11. The number of sulfonamides is 1. The summed E-state index contributed by atoms with van der Waals surface area (Å²) in [5.74, 6) is -0.829. The van der Waals surface area contributed by atoms with E-state index in [1.807, 2.05) is 0 Å². The van der Waals surface area contributed by atoms with Crippen molar-refractivity contribution in [3.8, 4) is 5.75 Å². The molecule has 152 valence electrons. The number of alkyl halides is 3. The number of amides is 1. The SMILES string of the molecule is O=C(Nc1cc(S(=O)(=O)N2CCCC2)ccc1OCC(F)(F)F)c1cccs1. The van der Waals surface area contributed by atoms with Gasteiger partial charge < -0.3 is 10.1 Å². The number of hydrogen-bond donors (Lipinski definition) is 1. The number of nitrogens with one attached hydrogen (secondary N) is 1. The van der Waals surface area contributed by atoms with Crippen LogP contribution in [0.2, 0.25) is 0 Å². The van der Waals surface area contributed by atoms with Gasteiger partial charge in [0.25, 0.3) is 5.91 Å². The smallest absolute Gasteiger partial charge is 0.422 e. The fraction of sp³-hybridized carbons (Fsp3) is 0.353. The Bertz CT molecular complexity index is 938. The van der Waals surface area contributed by atoms with Gasteiger partial charge in [0, 0.05) is 13.1 Å². The van der Waals surface area contributed by atoms with Crippen LogP contribution in [0.1, 0.15) is 22.5 Å². The first-order chi connectivity index (χ1) is 13.2. The van der Waals surface area contributed by atoms with E-state index >= 15 is 0 Å². The largest absolute Gasteiger partial charge is 0.482 e. The van der Waals surface area contributed by atoms with E-state index in [2.05, 4.69) is 5.32 Å². The van der Waals surface area contributed by atoms with Gasteiger partial charge in [0.1, 0.15) is 5.75 Å². The van der Waals surface area contributed by atoms with Crippen molar-refractivity contribution in [2.45, 2.75) is 23.9 Å². The second-order valence-electron chi connectivity index (χ2n) is 6.10. The Morgan fingerprint density at radius 2 is 1.93 bits per heavy atom. The van der Waals surface area contributed by atoms with Crippen LogP contribution < -0.4 is 10.1 Å². The fourth-order valence-corrected chi connectivity index (χ4v) is 4.88. The number of anilines is 1. The molecule has 28 heavy (non-hydrogen) atoms. The van der Waals surface area contributed by atoms with Crippen molar-refractivity contribution in [1.82, 2.24) is 4.31 Å². The van der Waals surface area contributed by atoms with Crippen LogP contribution >= 0.6 is 11.3 Å². The summed E-state index contributed by atoms with van der Waals surface area (Å²) in [4.78, 5) is 12.5. The minimum Gasteiger partial charge on any atom is -0.482 e. The molecule has 0 bridgehead atoms. The molecule has 0 aliphatic carbocycles. The quantitative estimate of drug-likeness (QED) is 0.752. The number of rotatable bonds is 6. The minimum absolute atomic E-state index is 0.116. The molecule has 1 aliphatic heterocycles. The molecule has 1 aliphatic rings. The first-order valence-corrected chi connectivity index (χ1v) is 10.7. The molecule has 2 heterocycles. The zero-order valence-corrected chi connectivity index (χ0v) is 16.2. The molecule has 1 saturated heterocycles. The van der Waals surface area contributed by atoms with Crippen molar-refractivity contribution in [2.24, 2.45) is 0 Å². The molecule has 0 spiro atoms. The highest BCUT2D eigenvalue weighted by molar-refractivity contribution is 7.89. The third kappa shape index (κ3) is 4.83. The number of thiophene rings is 1. The Kier molecular flexibility index (Phi) is 5.96. The van der Waals surface area contributed by atoms with Crippen molar-refractivity contribution >= 4 is 33.0 Å². The number of carbonyl (C=O) groups is 1. The zero-order chi connectivity index (χ0) is 20.4. The molecule has 1 aromatic heterocycles. The van der Waals surface area contributed by atoms with Gasteiger partial charge >= 0.3 is 6.18 Å². The molecule has 0 saturated carbocycles. The Morgan fingerprint density at radius 1 is 1.21 bits per heavy atom. The Morgan fingerprint density at radius 3 is 2.54 bits per heavy atom. The van der Waals surface area contributed by atoms with Crippen molar-refractivity contribution in [2.75, 3.05) is 25.0 Å². The lowest BCUT2D eigenvalue weighted by atomic mass is 10.3. The van der Waals surface area contributed by atoms with Crippen LogP contribution in [-0.4, -0.2) is 44.5 Å². The second kappa shape index (κ2) is 8.10. The maximum atomic E-state index is 12.7. The van der Waals surface area contributed by atoms with E-state index in [1.54, 1.807) is 17.5 Å². The molecule has 1 N–H and O–H groups in total. The lowest BCUT2D eigenvalue weighted by Crippen LogP contribution is -2.28. The molecule has 6 nitrogen and oxygen atoms in total. The molecule has 1 aromatic carbocycles. The van der Waals surface area contributed by atoms with Crippen LogP contribution in [-0.2, 0) is 10.0 Å². The maximum Gasteiger partial charge on any atom is 0.422 e. The van der Waals surface area contributed by atoms with Crippen LogP contribution in [0.5, 0.6) is 5.75 Å². The third-order valence-electron chi connectivity index (χ3n) is 4.04. The summed E-state index contributed by atoms with van der Waals surface area (Å²) in [6.07, 6.45) is -3.09. The van der Waals surface area contributed by atoms with Crippen LogP contribution in [0.3, 0.4) is 0 Å². The highest BCUT2D eigenvalue weighted by Crippen LogP contribution is 2.32. The van der Waals surface area contributed by atoms with Gasteiger partial charge in [-0.15, -0.1) is 11.3 Å². The summed E-state index contributed by atoms with van der Waals surface area (Å²) >= 11 is 1.14. The highest BCUT2D eigenvalue weighted by atomic mass is 32.2. The lowest BCUT2D eigenvalue weighted by Gasteiger charge is -2.18. The molecule has 0 unspecified atom stereocenters. The normalized spacial score (nSPS) is 15.5. The summed E-state index contributed by atoms with van der Waals surface area (Å²) in [7, 11) is -3.80. The molecule has 3 rings (SSSR count). The Labute approximate surface area is 164 Å². The Balaban J connectivity index is 1.92. The lowest BCUT2D eigenvalue weighted by molar-refractivity contribution is -0.153. The van der Waals surface area contributed by atoms with Crippen molar-refractivity contribution < 1.29 is 31.1 Å². The number of nitrogens with zero attached hydrogens (tertiary/aromatic N) is 1. The molecule has 11 heteroatoms. The zero-order valence-electron chi connectivity index (χ0n) is 14.5. The van der Waals surface area contributed by atoms with E-state index in [-0.39, 0.29) is 16.3 Å². The molecule has 1 fully saturated rings. The van der Waals surface area contributed by atoms with Crippen LogP contribution in [0.25, 0.3) is 0 Å². The van der Waals surface area contributed by atoms with Crippen LogP contribution in [0, 0.1) is 0 Å². The van der Waals surface area contributed by atoms with E-state index in [9.17, 15) is 26.4 Å². The predicted molar refractivity (Wildman–Crippen MR) is 98.3 cm³/mol. The van der Waals surface area contributed by atoms with E-state index in [0.717, 1.165) is 36.3 Å². The van der Waals surface area contributed by atoms with Gasteiger partial charge in [0.2, 0.25) is 10.0 Å². The van der Waals surface area contributed by atoms with E-state index < -0.39 is 28.7 Å². The average Bonchev–Trinajstić information content (AvgIpc) is 3.33. The number of halogens is 3. The molecule has 1 amide bonds. The summed E-state index contributed by atoms with van der Waals surface area (Å²) in [6, 6.07) is 6.62. The van der Waals surface area contributed by atoms with Gasteiger partial charge in [-0.2, -0.15) is 17.5 Å². The first-order valence-electron chi connectivity index (χ1n) is 8.35. The van der Waals surface area contributed by atoms with Crippen molar-refractivity contribution in [3.05, 3.63) is 40.6 Å².